The zero-order valence-electron chi connectivity index (χ0n) is 16.5. The van der Waals surface area contributed by atoms with Crippen LogP contribution in [0.5, 0.6) is 5.75 Å². The van der Waals surface area contributed by atoms with E-state index in [2.05, 4.69) is 20.9 Å². The van der Waals surface area contributed by atoms with E-state index in [-0.39, 0.29) is 5.91 Å². The molecule has 0 unspecified atom stereocenters. The summed E-state index contributed by atoms with van der Waals surface area (Å²) in [5.41, 5.74) is 1.87. The first-order chi connectivity index (χ1) is 13.7. The molecular formula is C22H28N4O2. The van der Waals surface area contributed by atoms with Crippen molar-refractivity contribution in [2.75, 3.05) is 51.3 Å². The summed E-state index contributed by atoms with van der Waals surface area (Å²) in [6, 6.07) is 12.0. The molecule has 1 aromatic heterocycles. The van der Waals surface area contributed by atoms with Crippen molar-refractivity contribution >= 4 is 11.7 Å². The molecule has 6 nitrogen and oxygen atoms in total. The number of aromatic nitrogens is 1. The standard InChI is InChI=1S/C22H28N4O2/c1-28-20-7-3-2-6-19(20)17-24-12-14-26(15-13-24)22(27)18-8-9-21(23-16-18)25-10-4-5-11-25/h2-3,6-9,16H,4-5,10-15,17H2,1H3. The van der Waals surface area contributed by atoms with Gasteiger partial charge in [-0.3, -0.25) is 9.69 Å². The molecule has 2 aliphatic heterocycles. The minimum absolute atomic E-state index is 0.0809. The Hall–Kier alpha value is -2.60. The molecule has 2 aromatic rings. The van der Waals surface area contributed by atoms with Gasteiger partial charge >= 0.3 is 0 Å². The SMILES string of the molecule is COc1ccccc1CN1CCN(C(=O)c2ccc(N3CCCC3)nc2)CC1. The fraction of sp³-hybridized carbons (Fsp3) is 0.455. The molecule has 2 saturated heterocycles. The number of hydrogen-bond acceptors (Lipinski definition) is 5. The highest BCUT2D eigenvalue weighted by Crippen LogP contribution is 2.21. The third-order valence-corrected chi connectivity index (χ3v) is 5.67. The minimum atomic E-state index is 0.0809. The Bertz CT molecular complexity index is 794. The Balaban J connectivity index is 1.32. The number of rotatable bonds is 5. The second-order valence-corrected chi connectivity index (χ2v) is 7.48. The van der Waals surface area contributed by atoms with Gasteiger partial charge in [0.1, 0.15) is 11.6 Å². The summed E-state index contributed by atoms with van der Waals surface area (Å²) in [6.45, 7) is 6.18. The first-order valence-electron chi connectivity index (χ1n) is 10.1. The molecule has 2 aliphatic rings. The van der Waals surface area contributed by atoms with Gasteiger partial charge in [0.15, 0.2) is 0 Å². The number of amides is 1. The molecule has 148 valence electrons. The van der Waals surface area contributed by atoms with Crippen molar-refractivity contribution in [1.29, 1.82) is 0 Å². The Labute approximate surface area is 166 Å². The number of nitrogens with zero attached hydrogens (tertiary/aromatic N) is 4. The molecular weight excluding hydrogens is 352 g/mol. The van der Waals surface area contributed by atoms with Crippen LogP contribution in [-0.4, -0.2) is 67.1 Å². The zero-order chi connectivity index (χ0) is 19.3. The molecule has 1 aromatic carbocycles. The van der Waals surface area contributed by atoms with Gasteiger partial charge in [-0.15, -0.1) is 0 Å². The van der Waals surface area contributed by atoms with Gasteiger partial charge in [-0.1, -0.05) is 18.2 Å². The van der Waals surface area contributed by atoms with E-state index in [1.807, 2.05) is 35.2 Å². The smallest absolute Gasteiger partial charge is 0.255 e. The van der Waals surface area contributed by atoms with Crippen molar-refractivity contribution in [3.8, 4) is 5.75 Å². The van der Waals surface area contributed by atoms with Crippen LogP contribution in [-0.2, 0) is 6.54 Å². The van der Waals surface area contributed by atoms with Crippen molar-refractivity contribution < 1.29 is 9.53 Å². The van der Waals surface area contributed by atoms with Crippen LogP contribution in [0.2, 0.25) is 0 Å². The molecule has 0 N–H and O–H groups in total. The molecule has 0 atom stereocenters. The normalized spacial score (nSPS) is 17.8. The van der Waals surface area contributed by atoms with Crippen LogP contribution < -0.4 is 9.64 Å². The molecule has 28 heavy (non-hydrogen) atoms. The van der Waals surface area contributed by atoms with Gasteiger partial charge in [0.05, 0.1) is 12.7 Å². The van der Waals surface area contributed by atoms with E-state index >= 15 is 0 Å². The number of methoxy groups -OCH3 is 1. The predicted molar refractivity (Wildman–Crippen MR) is 110 cm³/mol. The molecule has 0 spiro atoms. The molecule has 4 rings (SSSR count). The maximum Gasteiger partial charge on any atom is 0.255 e. The monoisotopic (exact) mass is 380 g/mol. The van der Waals surface area contributed by atoms with E-state index < -0.39 is 0 Å². The van der Waals surface area contributed by atoms with E-state index in [4.69, 9.17) is 4.74 Å². The summed E-state index contributed by atoms with van der Waals surface area (Å²) < 4.78 is 5.45. The summed E-state index contributed by atoms with van der Waals surface area (Å²) in [5, 5.41) is 0. The molecule has 0 bridgehead atoms. The lowest BCUT2D eigenvalue weighted by molar-refractivity contribution is 0.0627. The van der Waals surface area contributed by atoms with Gasteiger partial charge in [-0.05, 0) is 31.0 Å². The van der Waals surface area contributed by atoms with Crippen LogP contribution >= 0.6 is 0 Å². The second kappa shape index (κ2) is 8.61. The van der Waals surface area contributed by atoms with Crippen LogP contribution in [0.25, 0.3) is 0 Å². The lowest BCUT2D eigenvalue weighted by Gasteiger charge is -2.35. The van der Waals surface area contributed by atoms with Crippen LogP contribution in [0.3, 0.4) is 0 Å². The van der Waals surface area contributed by atoms with E-state index in [1.165, 1.54) is 18.4 Å². The van der Waals surface area contributed by atoms with Crippen molar-refractivity contribution in [1.82, 2.24) is 14.8 Å². The lowest BCUT2D eigenvalue weighted by atomic mass is 10.1. The summed E-state index contributed by atoms with van der Waals surface area (Å²) in [5.74, 6) is 1.98. The van der Waals surface area contributed by atoms with Gasteiger partial charge in [0.2, 0.25) is 0 Å². The average Bonchev–Trinajstić information content (AvgIpc) is 3.29. The number of anilines is 1. The molecule has 0 saturated carbocycles. The summed E-state index contributed by atoms with van der Waals surface area (Å²) in [6.07, 6.45) is 4.18. The van der Waals surface area contributed by atoms with Gasteiger partial charge in [-0.25, -0.2) is 4.98 Å². The second-order valence-electron chi connectivity index (χ2n) is 7.48. The van der Waals surface area contributed by atoms with Crippen molar-refractivity contribution in [2.24, 2.45) is 0 Å². The van der Waals surface area contributed by atoms with Gasteiger partial charge in [0.25, 0.3) is 5.91 Å². The van der Waals surface area contributed by atoms with E-state index in [9.17, 15) is 4.79 Å². The average molecular weight is 380 g/mol. The maximum absolute atomic E-state index is 12.8. The highest BCUT2D eigenvalue weighted by Gasteiger charge is 2.23. The fourth-order valence-electron chi connectivity index (χ4n) is 4.01. The predicted octanol–water partition coefficient (Wildman–Crippen LogP) is 2.65. The van der Waals surface area contributed by atoms with E-state index in [1.54, 1.807) is 13.3 Å². The number of benzene rings is 1. The van der Waals surface area contributed by atoms with Crippen molar-refractivity contribution in [2.45, 2.75) is 19.4 Å². The first kappa shape index (κ1) is 18.7. The largest absolute Gasteiger partial charge is 0.496 e. The van der Waals surface area contributed by atoms with E-state index in [0.717, 1.165) is 57.4 Å². The first-order valence-corrected chi connectivity index (χ1v) is 10.1. The number of piperazine rings is 1. The molecule has 2 fully saturated rings. The molecule has 3 heterocycles. The minimum Gasteiger partial charge on any atom is -0.496 e. The quantitative estimate of drug-likeness (QED) is 0.798. The Morgan fingerprint density at radius 3 is 2.43 bits per heavy atom. The number of carbonyl (C=O) groups is 1. The Kier molecular flexibility index (Phi) is 5.76. The molecule has 1 amide bonds. The number of para-hydroxylation sites is 1. The fourth-order valence-corrected chi connectivity index (χ4v) is 4.01. The van der Waals surface area contributed by atoms with Crippen LogP contribution in [0.4, 0.5) is 5.82 Å². The van der Waals surface area contributed by atoms with Crippen LogP contribution in [0, 0.1) is 0 Å². The van der Waals surface area contributed by atoms with Gasteiger partial charge in [-0.2, -0.15) is 0 Å². The number of carbonyl (C=O) groups excluding carboxylic acids is 1. The molecule has 0 aliphatic carbocycles. The topological polar surface area (TPSA) is 48.9 Å². The lowest BCUT2D eigenvalue weighted by Crippen LogP contribution is -2.48. The zero-order valence-corrected chi connectivity index (χ0v) is 16.5. The Morgan fingerprint density at radius 2 is 1.75 bits per heavy atom. The number of hydrogen-bond donors (Lipinski definition) is 0. The third kappa shape index (κ3) is 4.12. The summed E-state index contributed by atoms with van der Waals surface area (Å²) >= 11 is 0. The highest BCUT2D eigenvalue weighted by molar-refractivity contribution is 5.94. The highest BCUT2D eigenvalue weighted by atomic mass is 16.5. The van der Waals surface area contributed by atoms with Crippen LogP contribution in [0.1, 0.15) is 28.8 Å². The van der Waals surface area contributed by atoms with Crippen molar-refractivity contribution in [3.63, 3.8) is 0 Å². The van der Waals surface area contributed by atoms with Gasteiger partial charge < -0.3 is 14.5 Å². The summed E-state index contributed by atoms with van der Waals surface area (Å²) in [7, 11) is 1.71. The number of ether oxygens (including phenoxy) is 1. The summed E-state index contributed by atoms with van der Waals surface area (Å²) in [4.78, 5) is 23.9. The van der Waals surface area contributed by atoms with Gasteiger partial charge in [0, 0.05) is 57.6 Å². The van der Waals surface area contributed by atoms with Crippen LogP contribution in [0.15, 0.2) is 42.6 Å². The molecule has 0 radical (unpaired) electrons. The Morgan fingerprint density at radius 1 is 1.00 bits per heavy atom. The molecule has 6 heteroatoms. The number of pyridine rings is 1. The van der Waals surface area contributed by atoms with Crippen molar-refractivity contribution in [3.05, 3.63) is 53.7 Å². The maximum atomic E-state index is 12.8. The third-order valence-electron chi connectivity index (χ3n) is 5.67. The van der Waals surface area contributed by atoms with E-state index in [0.29, 0.717) is 5.56 Å².